The molecule has 7 nitrogen and oxygen atoms in total. The maximum absolute atomic E-state index is 5.63. The molecule has 0 amide bonds. The van der Waals surface area contributed by atoms with Crippen LogP contribution >= 0.6 is 0 Å². The van der Waals surface area contributed by atoms with E-state index in [1.54, 1.807) is 21.3 Å². The zero-order valence-electron chi connectivity index (χ0n) is 17.6. The highest BCUT2D eigenvalue weighted by Crippen LogP contribution is 2.38. The number of nitrogens with zero attached hydrogens (tertiary/aromatic N) is 4. The van der Waals surface area contributed by atoms with Gasteiger partial charge in [0.25, 0.3) is 0 Å². The van der Waals surface area contributed by atoms with E-state index in [1.807, 2.05) is 49.6 Å². The lowest BCUT2D eigenvalue weighted by molar-refractivity contribution is 0.114. The molecule has 3 aromatic rings. The number of methoxy groups -OCH3 is 3. The van der Waals surface area contributed by atoms with Crippen LogP contribution in [0.4, 0.5) is 5.82 Å². The fraction of sp³-hybridized carbons (Fsp3) is 0.429. The van der Waals surface area contributed by atoms with Crippen LogP contribution in [0.1, 0.15) is 25.2 Å². The van der Waals surface area contributed by atoms with Gasteiger partial charge in [0.05, 0.1) is 25.5 Å². The Balaban J connectivity index is 2.28. The van der Waals surface area contributed by atoms with Crippen LogP contribution in [-0.4, -0.2) is 48.7 Å². The van der Waals surface area contributed by atoms with Gasteiger partial charge in [-0.05, 0) is 39.8 Å². The van der Waals surface area contributed by atoms with E-state index in [-0.39, 0.29) is 6.23 Å². The molecule has 0 saturated heterocycles. The molecule has 0 fully saturated rings. The Morgan fingerprint density at radius 3 is 2.46 bits per heavy atom. The van der Waals surface area contributed by atoms with Gasteiger partial charge in [0.1, 0.15) is 23.5 Å². The number of hydrogen-bond acceptors (Lipinski definition) is 6. The van der Waals surface area contributed by atoms with Crippen molar-refractivity contribution in [1.82, 2.24) is 14.6 Å². The summed E-state index contributed by atoms with van der Waals surface area (Å²) in [6.45, 7) is 8.89. The topological polar surface area (TPSA) is 61.1 Å². The van der Waals surface area contributed by atoms with Crippen molar-refractivity contribution in [3.8, 4) is 22.6 Å². The molecule has 1 aromatic carbocycles. The lowest BCUT2D eigenvalue weighted by Gasteiger charge is -2.29. The summed E-state index contributed by atoms with van der Waals surface area (Å²) in [4.78, 5) is 6.96. The van der Waals surface area contributed by atoms with E-state index < -0.39 is 0 Å². The molecule has 0 N–H and O–H groups in total. The maximum atomic E-state index is 5.63. The van der Waals surface area contributed by atoms with Crippen LogP contribution in [0.15, 0.2) is 24.3 Å². The van der Waals surface area contributed by atoms with Crippen LogP contribution in [-0.2, 0) is 4.74 Å². The minimum atomic E-state index is -0.0847. The first-order valence-corrected chi connectivity index (χ1v) is 9.33. The van der Waals surface area contributed by atoms with E-state index in [0.29, 0.717) is 0 Å². The van der Waals surface area contributed by atoms with Crippen molar-refractivity contribution in [2.24, 2.45) is 0 Å². The molecule has 28 heavy (non-hydrogen) atoms. The minimum absolute atomic E-state index is 0.0847. The molecule has 0 aliphatic carbocycles. The quantitative estimate of drug-likeness (QED) is 0.577. The van der Waals surface area contributed by atoms with Crippen LogP contribution in [0, 0.1) is 13.8 Å². The second-order valence-corrected chi connectivity index (χ2v) is 6.64. The zero-order valence-corrected chi connectivity index (χ0v) is 17.6. The molecule has 0 aliphatic heterocycles. The summed E-state index contributed by atoms with van der Waals surface area (Å²) in [6, 6.07) is 7.82. The molecule has 0 aliphatic rings. The number of rotatable bonds is 7. The van der Waals surface area contributed by atoms with E-state index in [0.717, 1.165) is 52.0 Å². The second-order valence-electron chi connectivity index (χ2n) is 6.64. The fourth-order valence-corrected chi connectivity index (χ4v) is 3.48. The van der Waals surface area contributed by atoms with Gasteiger partial charge in [0.2, 0.25) is 0 Å². The number of ether oxygens (including phenoxy) is 3. The highest BCUT2D eigenvalue weighted by molar-refractivity contribution is 5.85. The molecule has 0 spiro atoms. The Bertz CT molecular complexity index is 983. The molecular formula is C21H28N4O3. The standard InChI is InChI=1S/C21H28N4O3/c1-8-24(15(4)26-5)19-11-13(2)22-21-20(14(3)23-25(19)21)17-10-9-16(27-6)12-18(17)28-7/h9-12,15H,8H2,1-7H3. The number of anilines is 1. The summed E-state index contributed by atoms with van der Waals surface area (Å²) < 4.78 is 18.4. The number of aromatic nitrogens is 3. The molecule has 0 bridgehead atoms. The third-order valence-corrected chi connectivity index (χ3v) is 4.97. The largest absolute Gasteiger partial charge is 0.497 e. The predicted molar refractivity (Wildman–Crippen MR) is 110 cm³/mol. The third kappa shape index (κ3) is 3.38. The Kier molecular flexibility index (Phi) is 5.74. The number of benzene rings is 1. The van der Waals surface area contributed by atoms with Crippen molar-refractivity contribution in [3.05, 3.63) is 35.7 Å². The Hall–Kier alpha value is -2.80. The molecule has 3 rings (SSSR count). The van der Waals surface area contributed by atoms with Crippen LogP contribution in [0.3, 0.4) is 0 Å². The molecule has 1 atom stereocenters. The average Bonchev–Trinajstić information content (AvgIpc) is 3.03. The van der Waals surface area contributed by atoms with Crippen LogP contribution < -0.4 is 14.4 Å². The van der Waals surface area contributed by atoms with Gasteiger partial charge in [0, 0.05) is 37.0 Å². The lowest BCUT2D eigenvalue weighted by Crippen LogP contribution is -2.35. The molecular weight excluding hydrogens is 356 g/mol. The first kappa shape index (κ1) is 19.9. The first-order chi connectivity index (χ1) is 13.4. The van der Waals surface area contributed by atoms with Gasteiger partial charge in [-0.2, -0.15) is 9.61 Å². The molecule has 2 heterocycles. The molecule has 0 saturated carbocycles. The van der Waals surface area contributed by atoms with Crippen molar-refractivity contribution in [1.29, 1.82) is 0 Å². The van der Waals surface area contributed by atoms with Gasteiger partial charge < -0.3 is 19.1 Å². The second kappa shape index (κ2) is 8.06. The van der Waals surface area contributed by atoms with Gasteiger partial charge >= 0.3 is 0 Å². The summed E-state index contributed by atoms with van der Waals surface area (Å²) in [5.74, 6) is 2.41. The Morgan fingerprint density at radius 2 is 1.86 bits per heavy atom. The maximum Gasteiger partial charge on any atom is 0.165 e. The van der Waals surface area contributed by atoms with Gasteiger partial charge in [-0.1, -0.05) is 0 Å². The number of fused-ring (bicyclic) bond motifs is 1. The number of hydrogen-bond donors (Lipinski definition) is 0. The molecule has 2 aromatic heterocycles. The summed E-state index contributed by atoms with van der Waals surface area (Å²) in [6.07, 6.45) is -0.0847. The SMILES string of the molecule is CCN(c1cc(C)nc2c(-c3ccc(OC)cc3OC)c(C)nn12)C(C)OC. The number of aryl methyl sites for hydroxylation is 2. The van der Waals surface area contributed by atoms with Crippen molar-refractivity contribution in [2.45, 2.75) is 33.9 Å². The molecule has 0 radical (unpaired) electrons. The van der Waals surface area contributed by atoms with E-state index in [9.17, 15) is 0 Å². The summed E-state index contributed by atoms with van der Waals surface area (Å²) in [5, 5.41) is 4.80. The van der Waals surface area contributed by atoms with Crippen LogP contribution in [0.5, 0.6) is 11.5 Å². The fourth-order valence-electron chi connectivity index (χ4n) is 3.48. The Labute approximate surface area is 165 Å². The van der Waals surface area contributed by atoms with E-state index in [2.05, 4.69) is 11.8 Å². The van der Waals surface area contributed by atoms with Crippen molar-refractivity contribution < 1.29 is 14.2 Å². The van der Waals surface area contributed by atoms with Crippen molar-refractivity contribution in [3.63, 3.8) is 0 Å². The lowest BCUT2D eigenvalue weighted by atomic mass is 10.0. The molecule has 1 unspecified atom stereocenters. The zero-order chi connectivity index (χ0) is 20.4. The summed E-state index contributed by atoms with van der Waals surface area (Å²) in [7, 11) is 5.01. The van der Waals surface area contributed by atoms with E-state index in [1.165, 1.54) is 0 Å². The normalized spacial score (nSPS) is 12.2. The van der Waals surface area contributed by atoms with E-state index in [4.69, 9.17) is 24.3 Å². The first-order valence-electron chi connectivity index (χ1n) is 9.33. The van der Waals surface area contributed by atoms with Crippen LogP contribution in [0.25, 0.3) is 16.8 Å². The predicted octanol–water partition coefficient (Wildman–Crippen LogP) is 3.85. The highest BCUT2D eigenvalue weighted by Gasteiger charge is 2.22. The minimum Gasteiger partial charge on any atom is -0.497 e. The smallest absolute Gasteiger partial charge is 0.165 e. The van der Waals surface area contributed by atoms with E-state index >= 15 is 0 Å². The van der Waals surface area contributed by atoms with Gasteiger partial charge in [0.15, 0.2) is 5.65 Å². The van der Waals surface area contributed by atoms with Crippen molar-refractivity contribution >= 4 is 11.5 Å². The molecule has 150 valence electrons. The van der Waals surface area contributed by atoms with Crippen molar-refractivity contribution in [2.75, 3.05) is 32.8 Å². The summed E-state index contributed by atoms with van der Waals surface area (Å²) in [5.41, 5.74) is 4.47. The Morgan fingerprint density at radius 1 is 1.11 bits per heavy atom. The average molecular weight is 384 g/mol. The summed E-state index contributed by atoms with van der Waals surface area (Å²) >= 11 is 0. The highest BCUT2D eigenvalue weighted by atomic mass is 16.5. The monoisotopic (exact) mass is 384 g/mol. The van der Waals surface area contributed by atoms with Gasteiger partial charge in [-0.25, -0.2) is 4.98 Å². The van der Waals surface area contributed by atoms with Gasteiger partial charge in [-0.15, -0.1) is 0 Å². The molecule has 7 heteroatoms. The van der Waals surface area contributed by atoms with Gasteiger partial charge in [-0.3, -0.25) is 0 Å². The van der Waals surface area contributed by atoms with Crippen LogP contribution in [0.2, 0.25) is 0 Å². The third-order valence-electron chi connectivity index (χ3n) is 4.97.